The second-order valence-electron chi connectivity index (χ2n) is 4.28. The van der Waals surface area contributed by atoms with Crippen molar-refractivity contribution in [2.24, 2.45) is 0 Å². The Morgan fingerprint density at radius 2 is 1.71 bits per heavy atom. The summed E-state index contributed by atoms with van der Waals surface area (Å²) in [5.41, 5.74) is 2.87. The highest BCUT2D eigenvalue weighted by Gasteiger charge is 2.08. The molecule has 0 bridgehead atoms. The van der Waals surface area contributed by atoms with E-state index in [0.29, 0.717) is 22.6 Å². The summed E-state index contributed by atoms with van der Waals surface area (Å²) in [6.45, 7) is 6.09. The van der Waals surface area contributed by atoms with Gasteiger partial charge in [0.05, 0.1) is 0 Å². The zero-order valence-electron chi connectivity index (χ0n) is 10.1. The minimum absolute atomic E-state index is 0.398. The zero-order chi connectivity index (χ0) is 12.4. The molecule has 2 aromatic rings. The van der Waals surface area contributed by atoms with Gasteiger partial charge in [-0.2, -0.15) is 0 Å². The van der Waals surface area contributed by atoms with Crippen LogP contribution in [-0.2, 0) is 0 Å². The Morgan fingerprint density at radius 1 is 1.06 bits per heavy atom. The standard InChI is InChI=1S/C13H14ClN3/c1-8(2)10-4-6-11(7-5-10)12-13(14)15-9(3)16-17-12/h4-8H,1-3H3. The molecule has 1 aromatic carbocycles. The van der Waals surface area contributed by atoms with E-state index >= 15 is 0 Å². The first-order chi connectivity index (χ1) is 8.08. The Hall–Kier alpha value is -1.48. The lowest BCUT2D eigenvalue weighted by molar-refractivity contribution is 0.866. The smallest absolute Gasteiger partial charge is 0.159 e. The molecule has 17 heavy (non-hydrogen) atoms. The molecule has 0 radical (unpaired) electrons. The summed E-state index contributed by atoms with van der Waals surface area (Å²) in [5.74, 6) is 1.10. The second-order valence-corrected chi connectivity index (χ2v) is 4.63. The molecule has 0 aliphatic heterocycles. The lowest BCUT2D eigenvalue weighted by Crippen LogP contribution is -1.96. The van der Waals surface area contributed by atoms with Gasteiger partial charge in [0.1, 0.15) is 11.5 Å². The number of aryl methyl sites for hydroxylation is 1. The molecule has 0 atom stereocenters. The normalized spacial score (nSPS) is 10.9. The fourth-order valence-corrected chi connectivity index (χ4v) is 1.85. The van der Waals surface area contributed by atoms with E-state index in [0.717, 1.165) is 5.56 Å². The van der Waals surface area contributed by atoms with E-state index in [4.69, 9.17) is 11.6 Å². The summed E-state index contributed by atoms with van der Waals surface area (Å²) in [7, 11) is 0. The molecule has 1 heterocycles. The third-order valence-corrected chi connectivity index (χ3v) is 2.86. The number of rotatable bonds is 2. The molecule has 0 N–H and O–H groups in total. The van der Waals surface area contributed by atoms with E-state index < -0.39 is 0 Å². The van der Waals surface area contributed by atoms with E-state index in [1.54, 1.807) is 6.92 Å². The van der Waals surface area contributed by atoms with Crippen LogP contribution in [0.15, 0.2) is 24.3 Å². The Balaban J connectivity index is 2.40. The van der Waals surface area contributed by atoms with Crippen LogP contribution in [0.1, 0.15) is 31.2 Å². The van der Waals surface area contributed by atoms with Gasteiger partial charge in [0.25, 0.3) is 0 Å². The van der Waals surface area contributed by atoms with Gasteiger partial charge in [0.2, 0.25) is 0 Å². The summed E-state index contributed by atoms with van der Waals surface area (Å²) in [6, 6.07) is 8.17. The van der Waals surface area contributed by atoms with Crippen molar-refractivity contribution in [2.45, 2.75) is 26.7 Å². The zero-order valence-corrected chi connectivity index (χ0v) is 10.9. The van der Waals surface area contributed by atoms with Crippen LogP contribution in [0.3, 0.4) is 0 Å². The average Bonchev–Trinajstić information content (AvgIpc) is 2.29. The molecule has 3 nitrogen and oxygen atoms in total. The lowest BCUT2D eigenvalue weighted by atomic mass is 10.0. The molecule has 0 fully saturated rings. The van der Waals surface area contributed by atoms with Crippen LogP contribution in [0.2, 0.25) is 5.15 Å². The molecule has 88 valence electrons. The van der Waals surface area contributed by atoms with Crippen molar-refractivity contribution in [2.75, 3.05) is 0 Å². The summed E-state index contributed by atoms with van der Waals surface area (Å²) in [6.07, 6.45) is 0. The molecule has 2 rings (SSSR count). The Kier molecular flexibility index (Phi) is 3.38. The maximum atomic E-state index is 6.05. The molecule has 0 amide bonds. The van der Waals surface area contributed by atoms with Crippen molar-refractivity contribution in [1.29, 1.82) is 0 Å². The molecule has 0 aliphatic rings. The van der Waals surface area contributed by atoms with Crippen LogP contribution in [0.4, 0.5) is 0 Å². The molecule has 0 spiro atoms. The Labute approximate surface area is 106 Å². The van der Waals surface area contributed by atoms with Gasteiger partial charge >= 0.3 is 0 Å². The summed E-state index contributed by atoms with van der Waals surface area (Å²) >= 11 is 6.05. The van der Waals surface area contributed by atoms with Gasteiger partial charge < -0.3 is 0 Å². The number of nitrogens with zero attached hydrogens (tertiary/aromatic N) is 3. The molecule has 0 saturated heterocycles. The molecule has 1 aromatic heterocycles. The molecule has 0 unspecified atom stereocenters. The first-order valence-electron chi connectivity index (χ1n) is 5.55. The van der Waals surface area contributed by atoms with Crippen LogP contribution in [0, 0.1) is 6.92 Å². The monoisotopic (exact) mass is 247 g/mol. The molecule has 0 aliphatic carbocycles. The minimum Gasteiger partial charge on any atom is -0.217 e. The van der Waals surface area contributed by atoms with Crippen LogP contribution in [0.5, 0.6) is 0 Å². The van der Waals surface area contributed by atoms with E-state index in [2.05, 4.69) is 41.2 Å². The third kappa shape index (κ3) is 2.61. The topological polar surface area (TPSA) is 38.7 Å². The molecule has 0 saturated carbocycles. The van der Waals surface area contributed by atoms with E-state index in [-0.39, 0.29) is 0 Å². The number of aromatic nitrogens is 3. The highest BCUT2D eigenvalue weighted by Crippen LogP contribution is 2.25. The van der Waals surface area contributed by atoms with Crippen LogP contribution < -0.4 is 0 Å². The Morgan fingerprint density at radius 3 is 2.24 bits per heavy atom. The van der Waals surface area contributed by atoms with Crippen molar-refractivity contribution < 1.29 is 0 Å². The number of benzene rings is 1. The van der Waals surface area contributed by atoms with Crippen LogP contribution in [-0.4, -0.2) is 15.2 Å². The van der Waals surface area contributed by atoms with E-state index in [1.165, 1.54) is 5.56 Å². The number of hydrogen-bond donors (Lipinski definition) is 0. The van der Waals surface area contributed by atoms with Crippen molar-refractivity contribution in [1.82, 2.24) is 15.2 Å². The molecule has 4 heteroatoms. The minimum atomic E-state index is 0.398. The van der Waals surface area contributed by atoms with Gasteiger partial charge in [-0.05, 0) is 18.4 Å². The van der Waals surface area contributed by atoms with Crippen molar-refractivity contribution >= 4 is 11.6 Å². The quantitative estimate of drug-likeness (QED) is 0.814. The fourth-order valence-electron chi connectivity index (χ4n) is 1.58. The van der Waals surface area contributed by atoms with Gasteiger partial charge in [-0.15, -0.1) is 10.2 Å². The number of hydrogen-bond acceptors (Lipinski definition) is 3. The average molecular weight is 248 g/mol. The summed E-state index contributed by atoms with van der Waals surface area (Å²) in [5, 5.41) is 8.40. The first-order valence-corrected chi connectivity index (χ1v) is 5.93. The van der Waals surface area contributed by atoms with Crippen molar-refractivity contribution in [3.63, 3.8) is 0 Å². The summed E-state index contributed by atoms with van der Waals surface area (Å²) < 4.78 is 0. The highest BCUT2D eigenvalue weighted by atomic mass is 35.5. The Bertz CT molecular complexity index is 521. The van der Waals surface area contributed by atoms with Gasteiger partial charge in [-0.1, -0.05) is 49.7 Å². The second kappa shape index (κ2) is 4.80. The van der Waals surface area contributed by atoms with Crippen LogP contribution in [0.25, 0.3) is 11.3 Å². The van der Waals surface area contributed by atoms with Gasteiger partial charge in [0.15, 0.2) is 5.15 Å². The summed E-state index contributed by atoms with van der Waals surface area (Å²) in [4.78, 5) is 4.10. The molecular weight excluding hydrogens is 234 g/mol. The number of halogens is 1. The predicted molar refractivity (Wildman–Crippen MR) is 69.1 cm³/mol. The first kappa shape index (κ1) is 12.0. The van der Waals surface area contributed by atoms with Crippen molar-refractivity contribution in [3.8, 4) is 11.3 Å². The van der Waals surface area contributed by atoms with Gasteiger partial charge in [0, 0.05) is 5.56 Å². The van der Waals surface area contributed by atoms with E-state index in [9.17, 15) is 0 Å². The highest BCUT2D eigenvalue weighted by molar-refractivity contribution is 6.31. The maximum Gasteiger partial charge on any atom is 0.159 e. The van der Waals surface area contributed by atoms with E-state index in [1.807, 2.05) is 12.1 Å². The van der Waals surface area contributed by atoms with Crippen molar-refractivity contribution in [3.05, 3.63) is 40.8 Å². The third-order valence-electron chi connectivity index (χ3n) is 2.60. The fraction of sp³-hybridized carbons (Fsp3) is 0.308. The lowest BCUT2D eigenvalue weighted by Gasteiger charge is -2.07. The van der Waals surface area contributed by atoms with Gasteiger partial charge in [-0.25, -0.2) is 4.98 Å². The molecular formula is C13H14ClN3. The van der Waals surface area contributed by atoms with Crippen LogP contribution >= 0.6 is 11.6 Å². The predicted octanol–water partition coefficient (Wildman–Crippen LogP) is 3.62. The maximum absolute atomic E-state index is 6.05. The largest absolute Gasteiger partial charge is 0.217 e. The van der Waals surface area contributed by atoms with Gasteiger partial charge in [-0.3, -0.25) is 0 Å². The SMILES string of the molecule is Cc1nnc(-c2ccc(C(C)C)cc2)c(Cl)n1.